The second kappa shape index (κ2) is 8.91. The van der Waals surface area contributed by atoms with Crippen LogP contribution in [0.1, 0.15) is 48.7 Å². The Labute approximate surface area is 165 Å². The van der Waals surface area contributed by atoms with Gasteiger partial charge < -0.3 is 15.0 Å². The molecule has 7 nitrogen and oxygen atoms in total. The zero-order valence-electron chi connectivity index (χ0n) is 16.6. The van der Waals surface area contributed by atoms with Crippen LogP contribution in [0.5, 0.6) is 5.75 Å². The molecule has 1 saturated heterocycles. The van der Waals surface area contributed by atoms with Crippen molar-refractivity contribution in [2.24, 2.45) is 5.92 Å². The molecule has 0 saturated carbocycles. The van der Waals surface area contributed by atoms with Crippen LogP contribution in [0, 0.1) is 5.92 Å². The fourth-order valence-corrected chi connectivity index (χ4v) is 3.67. The third-order valence-corrected chi connectivity index (χ3v) is 5.34. The number of nitrogens with zero attached hydrogens (tertiary/aromatic N) is 2. The number of benzene rings is 1. The molecule has 1 atom stereocenters. The topological polar surface area (TPSA) is 87.3 Å². The van der Waals surface area contributed by atoms with E-state index < -0.39 is 6.04 Å². The minimum absolute atomic E-state index is 0.0171. The summed E-state index contributed by atoms with van der Waals surface area (Å²) in [7, 11) is 1.53. The van der Waals surface area contributed by atoms with Crippen molar-refractivity contribution in [1.29, 1.82) is 0 Å². The SMILES string of the molecule is COc1ccccc1C(=O)NC(C(=O)N1CCC(c2ccn[nH]2)CC1)C(C)C. The molecule has 0 bridgehead atoms. The third kappa shape index (κ3) is 4.35. The molecular weight excluding hydrogens is 356 g/mol. The van der Waals surface area contributed by atoms with E-state index in [1.807, 2.05) is 30.9 Å². The number of hydrogen-bond acceptors (Lipinski definition) is 4. The van der Waals surface area contributed by atoms with Crippen molar-refractivity contribution in [3.8, 4) is 5.75 Å². The van der Waals surface area contributed by atoms with Crippen LogP contribution < -0.4 is 10.1 Å². The molecule has 1 aromatic heterocycles. The number of carbonyl (C=O) groups excluding carboxylic acids is 2. The molecule has 1 aromatic carbocycles. The van der Waals surface area contributed by atoms with E-state index >= 15 is 0 Å². The lowest BCUT2D eigenvalue weighted by Gasteiger charge is -2.35. The maximum atomic E-state index is 13.1. The van der Waals surface area contributed by atoms with E-state index in [1.165, 1.54) is 7.11 Å². The molecule has 1 aliphatic heterocycles. The predicted molar refractivity (Wildman–Crippen MR) is 106 cm³/mol. The predicted octanol–water partition coefficient (Wildman–Crippen LogP) is 2.58. The van der Waals surface area contributed by atoms with Gasteiger partial charge in [0.05, 0.1) is 12.7 Å². The van der Waals surface area contributed by atoms with Gasteiger partial charge in [0.2, 0.25) is 5.91 Å². The molecule has 150 valence electrons. The van der Waals surface area contributed by atoms with Crippen LogP contribution in [0.25, 0.3) is 0 Å². The summed E-state index contributed by atoms with van der Waals surface area (Å²) in [5, 5.41) is 9.96. The molecule has 0 aliphatic carbocycles. The van der Waals surface area contributed by atoms with Crippen molar-refractivity contribution >= 4 is 11.8 Å². The third-order valence-electron chi connectivity index (χ3n) is 5.34. The lowest BCUT2D eigenvalue weighted by molar-refractivity contribution is -0.135. The van der Waals surface area contributed by atoms with Gasteiger partial charge in [-0.25, -0.2) is 0 Å². The Kier molecular flexibility index (Phi) is 6.34. The lowest BCUT2D eigenvalue weighted by Crippen LogP contribution is -2.52. The normalized spacial score (nSPS) is 16.1. The van der Waals surface area contributed by atoms with E-state index in [2.05, 4.69) is 15.5 Å². The highest BCUT2D eigenvalue weighted by molar-refractivity contribution is 5.99. The van der Waals surface area contributed by atoms with Crippen LogP contribution in [0.3, 0.4) is 0 Å². The van der Waals surface area contributed by atoms with E-state index in [-0.39, 0.29) is 17.7 Å². The number of aromatic amines is 1. The van der Waals surface area contributed by atoms with Crippen LogP contribution >= 0.6 is 0 Å². The first-order chi connectivity index (χ1) is 13.5. The van der Waals surface area contributed by atoms with E-state index in [0.29, 0.717) is 30.3 Å². The number of nitrogens with one attached hydrogen (secondary N) is 2. The van der Waals surface area contributed by atoms with E-state index in [0.717, 1.165) is 18.5 Å². The van der Waals surface area contributed by atoms with Gasteiger partial charge in [-0.05, 0) is 37.0 Å². The summed E-state index contributed by atoms with van der Waals surface area (Å²) < 4.78 is 5.27. The van der Waals surface area contributed by atoms with Crippen molar-refractivity contribution in [2.45, 2.75) is 38.6 Å². The quantitative estimate of drug-likeness (QED) is 0.801. The number of rotatable bonds is 6. The average molecular weight is 384 g/mol. The van der Waals surface area contributed by atoms with Gasteiger partial charge in [0.1, 0.15) is 11.8 Å². The van der Waals surface area contributed by atoms with Gasteiger partial charge in [0.25, 0.3) is 5.91 Å². The summed E-state index contributed by atoms with van der Waals surface area (Å²) >= 11 is 0. The van der Waals surface area contributed by atoms with Crippen molar-refractivity contribution in [1.82, 2.24) is 20.4 Å². The molecule has 0 spiro atoms. The molecule has 1 fully saturated rings. The van der Waals surface area contributed by atoms with E-state index in [9.17, 15) is 9.59 Å². The molecule has 1 aliphatic rings. The molecular formula is C21H28N4O3. The Morgan fingerprint density at radius 2 is 1.93 bits per heavy atom. The molecule has 28 heavy (non-hydrogen) atoms. The van der Waals surface area contributed by atoms with Crippen molar-refractivity contribution in [3.05, 3.63) is 47.8 Å². The summed E-state index contributed by atoms with van der Waals surface area (Å²) in [4.78, 5) is 27.7. The second-order valence-electron chi connectivity index (χ2n) is 7.51. The number of ether oxygens (including phenoxy) is 1. The molecule has 0 radical (unpaired) electrons. The fraction of sp³-hybridized carbons (Fsp3) is 0.476. The Hall–Kier alpha value is -2.83. The van der Waals surface area contributed by atoms with Gasteiger partial charge in [-0.1, -0.05) is 26.0 Å². The summed E-state index contributed by atoms with van der Waals surface area (Å²) in [5.74, 6) is 0.553. The lowest BCUT2D eigenvalue weighted by atomic mass is 9.92. The first kappa shape index (κ1) is 19.9. The number of carbonyl (C=O) groups is 2. The Bertz CT molecular complexity index is 796. The van der Waals surface area contributed by atoms with E-state index in [1.54, 1.807) is 24.4 Å². The zero-order valence-corrected chi connectivity index (χ0v) is 16.6. The molecule has 2 amide bonds. The maximum Gasteiger partial charge on any atom is 0.255 e. The monoisotopic (exact) mass is 384 g/mol. The number of H-pyrrole nitrogens is 1. The minimum atomic E-state index is -0.568. The van der Waals surface area contributed by atoms with Gasteiger partial charge in [0.15, 0.2) is 0 Å². The number of likely N-dealkylation sites (tertiary alicyclic amines) is 1. The van der Waals surface area contributed by atoms with Crippen LogP contribution in [-0.4, -0.2) is 53.2 Å². The number of para-hydroxylation sites is 1. The summed E-state index contributed by atoms with van der Waals surface area (Å²) in [5.41, 5.74) is 1.55. The van der Waals surface area contributed by atoms with Gasteiger partial charge in [-0.3, -0.25) is 14.7 Å². The Balaban J connectivity index is 1.65. The van der Waals surface area contributed by atoms with Gasteiger partial charge in [-0.2, -0.15) is 5.10 Å². The maximum absolute atomic E-state index is 13.1. The van der Waals surface area contributed by atoms with Crippen LogP contribution in [0.4, 0.5) is 0 Å². The first-order valence-electron chi connectivity index (χ1n) is 9.73. The molecule has 7 heteroatoms. The number of piperidine rings is 1. The van der Waals surface area contributed by atoms with Gasteiger partial charge >= 0.3 is 0 Å². The number of aromatic nitrogens is 2. The highest BCUT2D eigenvalue weighted by Crippen LogP contribution is 2.27. The first-order valence-corrected chi connectivity index (χ1v) is 9.73. The summed E-state index contributed by atoms with van der Waals surface area (Å²) in [6.07, 6.45) is 3.54. The van der Waals surface area contributed by atoms with Gasteiger partial charge in [-0.15, -0.1) is 0 Å². The number of methoxy groups -OCH3 is 1. The summed E-state index contributed by atoms with van der Waals surface area (Å²) in [6.45, 7) is 5.25. The second-order valence-corrected chi connectivity index (χ2v) is 7.51. The highest BCUT2D eigenvalue weighted by atomic mass is 16.5. The van der Waals surface area contributed by atoms with Crippen molar-refractivity contribution in [3.63, 3.8) is 0 Å². The van der Waals surface area contributed by atoms with Crippen LogP contribution in [0.15, 0.2) is 36.5 Å². The molecule has 2 aromatic rings. The van der Waals surface area contributed by atoms with Crippen molar-refractivity contribution < 1.29 is 14.3 Å². The van der Waals surface area contributed by atoms with Crippen molar-refractivity contribution in [2.75, 3.05) is 20.2 Å². The zero-order chi connectivity index (χ0) is 20.1. The van der Waals surface area contributed by atoms with Gasteiger partial charge in [0, 0.05) is 30.9 Å². The highest BCUT2D eigenvalue weighted by Gasteiger charge is 2.32. The Morgan fingerprint density at radius 1 is 1.21 bits per heavy atom. The van der Waals surface area contributed by atoms with E-state index in [4.69, 9.17) is 4.74 Å². The summed E-state index contributed by atoms with van der Waals surface area (Å²) in [6, 6.07) is 8.45. The molecule has 2 heterocycles. The number of hydrogen-bond donors (Lipinski definition) is 2. The largest absolute Gasteiger partial charge is 0.496 e. The van der Waals surface area contributed by atoms with Crippen LogP contribution in [0.2, 0.25) is 0 Å². The van der Waals surface area contributed by atoms with Crippen LogP contribution in [-0.2, 0) is 4.79 Å². The fourth-order valence-electron chi connectivity index (χ4n) is 3.67. The smallest absolute Gasteiger partial charge is 0.255 e. The number of amides is 2. The Morgan fingerprint density at radius 3 is 2.54 bits per heavy atom. The molecule has 2 N–H and O–H groups in total. The molecule has 1 unspecified atom stereocenters. The standard InChI is InChI=1S/C21H28N4O3/c1-14(2)19(23-20(26)16-6-4-5-7-18(16)28-3)21(27)25-12-9-15(10-13-25)17-8-11-22-24-17/h4-8,11,14-15,19H,9-10,12-13H2,1-3H3,(H,22,24)(H,23,26). The average Bonchev–Trinajstić information content (AvgIpc) is 3.26. The molecule has 3 rings (SSSR count). The minimum Gasteiger partial charge on any atom is -0.496 e.